The molecule has 1 aromatic rings. The minimum absolute atomic E-state index is 0.427. The maximum Gasteiger partial charge on any atom is 0.118 e. The highest BCUT2D eigenvalue weighted by Crippen LogP contribution is 2.12. The van der Waals surface area contributed by atoms with Gasteiger partial charge in [0, 0.05) is 19.1 Å². The summed E-state index contributed by atoms with van der Waals surface area (Å²) in [6.07, 6.45) is 1.02. The molecule has 1 atom stereocenters. The number of morpholine rings is 1. The summed E-state index contributed by atoms with van der Waals surface area (Å²) in [6.45, 7) is 5.78. The third-order valence-electron chi connectivity index (χ3n) is 3.11. The largest absolute Gasteiger partial charge is 0.497 e. The third-order valence-corrected chi connectivity index (χ3v) is 3.11. The van der Waals surface area contributed by atoms with Crippen LogP contribution in [0, 0.1) is 0 Å². The van der Waals surface area contributed by atoms with E-state index >= 15 is 0 Å². The lowest BCUT2D eigenvalue weighted by Crippen LogP contribution is -2.49. The van der Waals surface area contributed by atoms with Crippen LogP contribution in [0.4, 0.5) is 0 Å². The zero-order valence-corrected chi connectivity index (χ0v) is 11.2. The van der Waals surface area contributed by atoms with Gasteiger partial charge in [-0.2, -0.15) is 0 Å². The Morgan fingerprint density at radius 2 is 1.94 bits per heavy atom. The van der Waals surface area contributed by atoms with Gasteiger partial charge in [-0.25, -0.2) is 5.01 Å². The molecule has 0 spiro atoms. The summed E-state index contributed by atoms with van der Waals surface area (Å²) >= 11 is 0. The summed E-state index contributed by atoms with van der Waals surface area (Å²) in [5, 5.41) is 2.25. The average Bonchev–Trinajstić information content (AvgIpc) is 2.40. The van der Waals surface area contributed by atoms with Gasteiger partial charge >= 0.3 is 0 Å². The molecule has 18 heavy (non-hydrogen) atoms. The van der Waals surface area contributed by atoms with Crippen molar-refractivity contribution in [3.63, 3.8) is 0 Å². The minimum atomic E-state index is 0.427. The first-order chi connectivity index (χ1) is 8.78. The first kappa shape index (κ1) is 13.3. The number of hydrazine groups is 1. The summed E-state index contributed by atoms with van der Waals surface area (Å²) in [5.74, 6) is 0.910. The molecule has 0 aliphatic carbocycles. The molecule has 4 heteroatoms. The molecule has 0 aromatic heterocycles. The molecule has 1 aliphatic rings. The van der Waals surface area contributed by atoms with Crippen LogP contribution in [-0.2, 0) is 11.2 Å². The number of nitrogens with one attached hydrogen (secondary N) is 1. The van der Waals surface area contributed by atoms with E-state index in [0.717, 1.165) is 38.5 Å². The van der Waals surface area contributed by atoms with Crippen LogP contribution in [0.15, 0.2) is 24.3 Å². The molecule has 100 valence electrons. The van der Waals surface area contributed by atoms with Crippen LogP contribution in [0.3, 0.4) is 0 Å². The molecule has 1 saturated heterocycles. The Hall–Kier alpha value is -1.10. The van der Waals surface area contributed by atoms with E-state index in [9.17, 15) is 0 Å². The van der Waals surface area contributed by atoms with Gasteiger partial charge in [-0.3, -0.25) is 5.43 Å². The van der Waals surface area contributed by atoms with Gasteiger partial charge < -0.3 is 9.47 Å². The van der Waals surface area contributed by atoms with E-state index in [-0.39, 0.29) is 0 Å². The van der Waals surface area contributed by atoms with Crippen LogP contribution in [0.1, 0.15) is 12.5 Å². The van der Waals surface area contributed by atoms with Crippen molar-refractivity contribution in [3.05, 3.63) is 29.8 Å². The van der Waals surface area contributed by atoms with E-state index in [1.165, 1.54) is 5.56 Å². The fraction of sp³-hybridized carbons (Fsp3) is 0.571. The van der Waals surface area contributed by atoms with Crippen molar-refractivity contribution >= 4 is 0 Å². The van der Waals surface area contributed by atoms with Gasteiger partial charge in [0.05, 0.1) is 20.3 Å². The quantitative estimate of drug-likeness (QED) is 0.858. The molecular weight excluding hydrogens is 228 g/mol. The van der Waals surface area contributed by atoms with Gasteiger partial charge in [-0.15, -0.1) is 0 Å². The minimum Gasteiger partial charge on any atom is -0.497 e. The lowest BCUT2D eigenvalue weighted by atomic mass is 10.1. The Balaban J connectivity index is 1.80. The first-order valence-corrected chi connectivity index (χ1v) is 6.49. The predicted molar refractivity (Wildman–Crippen MR) is 71.7 cm³/mol. The van der Waals surface area contributed by atoms with Gasteiger partial charge in [-0.05, 0) is 31.0 Å². The lowest BCUT2D eigenvalue weighted by molar-refractivity contribution is 0.00511. The highest BCUT2D eigenvalue weighted by atomic mass is 16.5. The Labute approximate surface area is 109 Å². The second-order valence-corrected chi connectivity index (χ2v) is 4.68. The first-order valence-electron chi connectivity index (χ1n) is 6.49. The molecule has 4 nitrogen and oxygen atoms in total. The van der Waals surface area contributed by atoms with E-state index in [2.05, 4.69) is 29.5 Å². The Kier molecular flexibility index (Phi) is 4.99. The zero-order chi connectivity index (χ0) is 12.8. The zero-order valence-electron chi connectivity index (χ0n) is 11.2. The van der Waals surface area contributed by atoms with Crippen LogP contribution in [-0.4, -0.2) is 44.5 Å². The van der Waals surface area contributed by atoms with E-state index in [1.807, 2.05) is 12.1 Å². The number of methoxy groups -OCH3 is 1. The SMILES string of the molecule is COc1ccc(C[C@H](C)NN2CCOCC2)cc1. The van der Waals surface area contributed by atoms with Crippen molar-refractivity contribution in [3.8, 4) is 5.75 Å². The topological polar surface area (TPSA) is 33.7 Å². The smallest absolute Gasteiger partial charge is 0.118 e. The molecule has 1 fully saturated rings. The van der Waals surface area contributed by atoms with Crippen molar-refractivity contribution in [2.45, 2.75) is 19.4 Å². The molecule has 1 heterocycles. The van der Waals surface area contributed by atoms with Crippen LogP contribution >= 0.6 is 0 Å². The number of benzene rings is 1. The van der Waals surface area contributed by atoms with Crippen LogP contribution in [0.5, 0.6) is 5.75 Å². The summed E-state index contributed by atoms with van der Waals surface area (Å²) in [4.78, 5) is 0. The molecule has 1 N–H and O–H groups in total. The Morgan fingerprint density at radius 1 is 1.28 bits per heavy atom. The van der Waals surface area contributed by atoms with Gasteiger partial charge in [0.15, 0.2) is 0 Å². The average molecular weight is 250 g/mol. The Bertz CT molecular complexity index is 347. The number of nitrogens with zero attached hydrogens (tertiary/aromatic N) is 1. The van der Waals surface area contributed by atoms with Gasteiger partial charge in [0.25, 0.3) is 0 Å². The van der Waals surface area contributed by atoms with Crippen LogP contribution in [0.25, 0.3) is 0 Å². The molecule has 0 bridgehead atoms. The normalized spacial score (nSPS) is 18.6. The second-order valence-electron chi connectivity index (χ2n) is 4.68. The van der Waals surface area contributed by atoms with Crippen molar-refractivity contribution in [2.24, 2.45) is 0 Å². The fourth-order valence-electron chi connectivity index (χ4n) is 2.16. The second kappa shape index (κ2) is 6.73. The van der Waals surface area contributed by atoms with E-state index in [4.69, 9.17) is 9.47 Å². The van der Waals surface area contributed by atoms with Crippen molar-refractivity contribution in [1.82, 2.24) is 10.4 Å². The maximum absolute atomic E-state index is 5.33. The molecule has 0 radical (unpaired) electrons. The predicted octanol–water partition coefficient (Wildman–Crippen LogP) is 1.46. The van der Waals surface area contributed by atoms with Gasteiger partial charge in [0.2, 0.25) is 0 Å². The molecular formula is C14H22N2O2. The van der Waals surface area contributed by atoms with Crippen molar-refractivity contribution in [1.29, 1.82) is 0 Å². The number of hydrogen-bond acceptors (Lipinski definition) is 4. The van der Waals surface area contributed by atoms with E-state index < -0.39 is 0 Å². The van der Waals surface area contributed by atoms with Gasteiger partial charge in [-0.1, -0.05) is 12.1 Å². The van der Waals surface area contributed by atoms with Crippen LogP contribution in [0.2, 0.25) is 0 Å². The molecule has 0 unspecified atom stereocenters. The highest BCUT2D eigenvalue weighted by molar-refractivity contribution is 5.27. The molecule has 1 aliphatic heterocycles. The maximum atomic E-state index is 5.33. The number of ether oxygens (including phenoxy) is 2. The number of hydrogen-bond donors (Lipinski definition) is 1. The monoisotopic (exact) mass is 250 g/mol. The fourth-order valence-corrected chi connectivity index (χ4v) is 2.16. The molecule has 0 amide bonds. The molecule has 1 aromatic carbocycles. The third kappa shape index (κ3) is 3.98. The summed E-state index contributed by atoms with van der Waals surface area (Å²) in [6, 6.07) is 8.69. The van der Waals surface area contributed by atoms with Crippen LogP contribution < -0.4 is 10.2 Å². The number of rotatable bonds is 5. The van der Waals surface area contributed by atoms with E-state index in [0.29, 0.717) is 6.04 Å². The van der Waals surface area contributed by atoms with Crippen molar-refractivity contribution in [2.75, 3.05) is 33.4 Å². The lowest BCUT2D eigenvalue weighted by Gasteiger charge is -2.30. The van der Waals surface area contributed by atoms with Gasteiger partial charge in [0.1, 0.15) is 5.75 Å². The Morgan fingerprint density at radius 3 is 2.56 bits per heavy atom. The standard InChI is InChI=1S/C14H22N2O2/c1-12(15-16-7-9-18-10-8-16)11-13-3-5-14(17-2)6-4-13/h3-6,12,15H,7-11H2,1-2H3/t12-/m0/s1. The van der Waals surface area contributed by atoms with Crippen molar-refractivity contribution < 1.29 is 9.47 Å². The summed E-state index contributed by atoms with van der Waals surface area (Å²) in [5.41, 5.74) is 4.84. The summed E-state index contributed by atoms with van der Waals surface area (Å²) < 4.78 is 10.5. The molecule has 0 saturated carbocycles. The summed E-state index contributed by atoms with van der Waals surface area (Å²) in [7, 11) is 1.69. The molecule has 2 rings (SSSR count). The van der Waals surface area contributed by atoms with E-state index in [1.54, 1.807) is 7.11 Å². The highest BCUT2D eigenvalue weighted by Gasteiger charge is 2.12.